The van der Waals surface area contributed by atoms with Gasteiger partial charge in [-0.25, -0.2) is 14.6 Å². The summed E-state index contributed by atoms with van der Waals surface area (Å²) in [5.41, 5.74) is 1.88. The van der Waals surface area contributed by atoms with Crippen LogP contribution in [0.2, 0.25) is 5.02 Å². The maximum absolute atomic E-state index is 13.0. The smallest absolute Gasteiger partial charge is 0.265 e. The summed E-state index contributed by atoms with van der Waals surface area (Å²) in [6.07, 6.45) is 3.49. The molecule has 3 aromatic rings. The number of benzene rings is 1. The molecular weight excluding hydrogens is 444 g/mol. The quantitative estimate of drug-likeness (QED) is 0.615. The summed E-state index contributed by atoms with van der Waals surface area (Å²) in [6.45, 7) is 0.844. The van der Waals surface area contributed by atoms with Crippen molar-refractivity contribution < 1.29 is 4.79 Å². The number of nitrogens with one attached hydrogen (secondary N) is 1. The van der Waals surface area contributed by atoms with Crippen molar-refractivity contribution in [1.82, 2.24) is 24.6 Å². The average Bonchev–Trinajstić information content (AvgIpc) is 2.81. The molecule has 0 spiro atoms. The van der Waals surface area contributed by atoms with Crippen molar-refractivity contribution in [3.05, 3.63) is 74.0 Å². The van der Waals surface area contributed by atoms with Gasteiger partial charge in [-0.2, -0.15) is 0 Å². The van der Waals surface area contributed by atoms with E-state index in [1.807, 2.05) is 49.5 Å². The molecule has 1 atom stereocenters. The number of amides is 1. The zero-order valence-corrected chi connectivity index (χ0v) is 19.2. The molecule has 1 aliphatic heterocycles. The van der Waals surface area contributed by atoms with Gasteiger partial charge in [0.05, 0.1) is 5.69 Å². The van der Waals surface area contributed by atoms with Crippen LogP contribution >= 0.6 is 11.6 Å². The summed E-state index contributed by atoms with van der Waals surface area (Å²) in [5.74, 6) is 0.375. The molecule has 2 aromatic heterocycles. The summed E-state index contributed by atoms with van der Waals surface area (Å²) < 4.78 is 1.04. The van der Waals surface area contributed by atoms with Gasteiger partial charge >= 0.3 is 0 Å². The van der Waals surface area contributed by atoms with E-state index in [1.54, 1.807) is 4.90 Å². The van der Waals surface area contributed by atoms with E-state index in [1.165, 1.54) is 0 Å². The van der Waals surface area contributed by atoms with Crippen LogP contribution < -0.4 is 16.0 Å². The van der Waals surface area contributed by atoms with Gasteiger partial charge in [-0.05, 0) is 30.5 Å². The first kappa shape index (κ1) is 22.7. The van der Waals surface area contributed by atoms with Gasteiger partial charge in [0.1, 0.15) is 6.54 Å². The summed E-state index contributed by atoms with van der Waals surface area (Å²) in [7, 11) is 3.77. The third-order valence-corrected chi connectivity index (χ3v) is 5.96. The number of hydrogen-bond donors (Lipinski definition) is 1. The van der Waals surface area contributed by atoms with Crippen molar-refractivity contribution in [2.24, 2.45) is 0 Å². The number of piperidine rings is 1. The van der Waals surface area contributed by atoms with Gasteiger partial charge in [-0.1, -0.05) is 23.7 Å². The molecule has 0 bridgehead atoms. The number of aromatic amines is 1. The van der Waals surface area contributed by atoms with Crippen LogP contribution in [0.3, 0.4) is 0 Å². The Labute approximate surface area is 195 Å². The molecule has 0 saturated carbocycles. The predicted octanol–water partition coefficient (Wildman–Crippen LogP) is 2.12. The van der Waals surface area contributed by atoms with Crippen molar-refractivity contribution in [3.8, 4) is 11.1 Å². The average molecular weight is 469 g/mol. The van der Waals surface area contributed by atoms with Crippen molar-refractivity contribution in [3.63, 3.8) is 0 Å². The third kappa shape index (κ3) is 5.14. The predicted molar refractivity (Wildman–Crippen MR) is 127 cm³/mol. The van der Waals surface area contributed by atoms with E-state index >= 15 is 0 Å². The lowest BCUT2D eigenvalue weighted by Gasteiger charge is -2.33. The van der Waals surface area contributed by atoms with E-state index in [0.717, 1.165) is 46.5 Å². The Morgan fingerprint density at radius 2 is 1.94 bits per heavy atom. The second kappa shape index (κ2) is 9.58. The molecule has 9 nitrogen and oxygen atoms in total. The summed E-state index contributed by atoms with van der Waals surface area (Å²) >= 11 is 6.07. The minimum absolute atomic E-state index is 0.00150. The van der Waals surface area contributed by atoms with Gasteiger partial charge < -0.3 is 9.80 Å². The number of halogens is 1. The Morgan fingerprint density at radius 1 is 1.18 bits per heavy atom. The van der Waals surface area contributed by atoms with Gasteiger partial charge in [-0.15, -0.1) is 0 Å². The van der Waals surface area contributed by atoms with Crippen LogP contribution in [-0.4, -0.2) is 57.7 Å². The Kier molecular flexibility index (Phi) is 6.60. The van der Waals surface area contributed by atoms with E-state index in [-0.39, 0.29) is 18.4 Å². The Morgan fingerprint density at radius 3 is 2.67 bits per heavy atom. The third-order valence-electron chi connectivity index (χ3n) is 5.70. The minimum atomic E-state index is -0.427. The zero-order valence-electron chi connectivity index (χ0n) is 18.5. The number of rotatable bonds is 5. The van der Waals surface area contributed by atoms with Crippen LogP contribution in [0, 0.1) is 0 Å². The second-order valence-electron chi connectivity index (χ2n) is 8.28. The summed E-state index contributed by atoms with van der Waals surface area (Å²) in [4.78, 5) is 49.4. The SMILES string of the molecule is CN(C)c1ncc(-c2ccc(Cl)cc2)c([C@H]2CCCN(C(=O)Cn3[nH]c(=O)ccc3=O)C2)n1. The normalized spacial score (nSPS) is 16.0. The van der Waals surface area contributed by atoms with Gasteiger partial charge in [0.2, 0.25) is 11.9 Å². The fourth-order valence-electron chi connectivity index (χ4n) is 4.01. The maximum Gasteiger partial charge on any atom is 0.265 e. The Hall–Kier alpha value is -3.46. The molecule has 1 aliphatic rings. The van der Waals surface area contributed by atoms with E-state index < -0.39 is 11.1 Å². The van der Waals surface area contributed by atoms with E-state index in [2.05, 4.69) is 10.1 Å². The van der Waals surface area contributed by atoms with Gasteiger partial charge in [0, 0.05) is 62.0 Å². The molecule has 4 rings (SSSR count). The number of hydrogen-bond acceptors (Lipinski definition) is 6. The highest BCUT2D eigenvalue weighted by Crippen LogP contribution is 2.34. The molecule has 0 aliphatic carbocycles. The molecule has 1 amide bonds. The molecule has 0 unspecified atom stereocenters. The van der Waals surface area contributed by atoms with Crippen molar-refractivity contribution >= 4 is 23.5 Å². The monoisotopic (exact) mass is 468 g/mol. The fourth-order valence-corrected chi connectivity index (χ4v) is 4.13. The molecule has 3 heterocycles. The van der Waals surface area contributed by atoms with Crippen molar-refractivity contribution in [2.45, 2.75) is 25.3 Å². The molecule has 10 heteroatoms. The number of H-pyrrole nitrogens is 1. The van der Waals surface area contributed by atoms with E-state index in [0.29, 0.717) is 24.1 Å². The summed E-state index contributed by atoms with van der Waals surface area (Å²) in [6, 6.07) is 9.84. The lowest BCUT2D eigenvalue weighted by Crippen LogP contribution is -2.43. The highest BCUT2D eigenvalue weighted by molar-refractivity contribution is 6.30. The minimum Gasteiger partial charge on any atom is -0.347 e. The first-order valence-corrected chi connectivity index (χ1v) is 11.1. The summed E-state index contributed by atoms with van der Waals surface area (Å²) in [5, 5.41) is 3.06. The number of aromatic nitrogens is 4. The molecule has 1 saturated heterocycles. The van der Waals surface area contributed by atoms with Gasteiger partial charge in [0.15, 0.2) is 0 Å². The molecule has 172 valence electrons. The number of anilines is 1. The molecule has 1 aromatic carbocycles. The number of likely N-dealkylation sites (tertiary alicyclic amines) is 1. The highest BCUT2D eigenvalue weighted by Gasteiger charge is 2.28. The first-order valence-electron chi connectivity index (χ1n) is 10.7. The molecule has 33 heavy (non-hydrogen) atoms. The van der Waals surface area contributed by atoms with Crippen LogP contribution in [0.25, 0.3) is 11.1 Å². The van der Waals surface area contributed by atoms with Gasteiger partial charge in [-0.3, -0.25) is 19.5 Å². The number of carbonyl (C=O) groups excluding carboxylic acids is 1. The largest absolute Gasteiger partial charge is 0.347 e. The van der Waals surface area contributed by atoms with Crippen LogP contribution in [0.4, 0.5) is 5.95 Å². The number of nitrogens with zero attached hydrogens (tertiary/aromatic N) is 5. The Balaban J connectivity index is 1.62. The first-order chi connectivity index (χ1) is 15.8. The zero-order chi connectivity index (χ0) is 23.5. The Bertz CT molecular complexity index is 1270. The van der Waals surface area contributed by atoms with Crippen LogP contribution in [0.5, 0.6) is 0 Å². The van der Waals surface area contributed by atoms with Crippen LogP contribution in [0.15, 0.2) is 52.2 Å². The van der Waals surface area contributed by atoms with Crippen LogP contribution in [0.1, 0.15) is 24.5 Å². The van der Waals surface area contributed by atoms with Crippen molar-refractivity contribution in [2.75, 3.05) is 32.1 Å². The molecule has 1 N–H and O–H groups in total. The molecule has 1 fully saturated rings. The fraction of sp³-hybridized carbons (Fsp3) is 0.348. The van der Waals surface area contributed by atoms with E-state index in [4.69, 9.17) is 16.6 Å². The maximum atomic E-state index is 13.0. The second-order valence-corrected chi connectivity index (χ2v) is 8.72. The topological polar surface area (TPSA) is 104 Å². The number of carbonyl (C=O) groups is 1. The highest BCUT2D eigenvalue weighted by atomic mass is 35.5. The van der Waals surface area contributed by atoms with Crippen LogP contribution in [-0.2, 0) is 11.3 Å². The van der Waals surface area contributed by atoms with Gasteiger partial charge in [0.25, 0.3) is 11.1 Å². The van der Waals surface area contributed by atoms with E-state index in [9.17, 15) is 14.4 Å². The molecule has 0 radical (unpaired) electrons. The molecular formula is C23H25ClN6O3. The lowest BCUT2D eigenvalue weighted by atomic mass is 9.90. The lowest BCUT2D eigenvalue weighted by molar-refractivity contribution is -0.133. The standard InChI is InChI=1S/C23H25ClN6O3/c1-28(2)23-25-12-18(15-5-7-17(24)8-6-15)22(26-23)16-4-3-11-29(13-16)21(33)14-30-20(32)10-9-19(31)27-30/h5-10,12,16H,3-4,11,13-14H2,1-2H3,(H,27,31)/t16-/m0/s1. The van der Waals surface area contributed by atoms with Crippen molar-refractivity contribution in [1.29, 1.82) is 0 Å².